The van der Waals surface area contributed by atoms with Gasteiger partial charge < -0.3 is 0 Å². The maximum absolute atomic E-state index is 13.4. The molecule has 0 saturated carbocycles. The molecular formula is C24H22FN3O2S. The highest BCUT2D eigenvalue weighted by atomic mass is 32.2. The van der Waals surface area contributed by atoms with Crippen molar-refractivity contribution in [1.82, 2.24) is 14.5 Å². The molecule has 5 nitrogen and oxygen atoms in total. The molecule has 0 radical (unpaired) electrons. The van der Waals surface area contributed by atoms with Crippen molar-refractivity contribution in [2.75, 3.05) is 0 Å². The monoisotopic (exact) mass is 435 g/mol. The Labute approximate surface area is 181 Å². The lowest BCUT2D eigenvalue weighted by Gasteiger charge is -2.07. The summed E-state index contributed by atoms with van der Waals surface area (Å²) in [5, 5.41) is 4.70. The maximum Gasteiger partial charge on any atom is 0.216 e. The van der Waals surface area contributed by atoms with Gasteiger partial charge in [0.05, 0.1) is 18.0 Å². The van der Waals surface area contributed by atoms with E-state index in [4.69, 9.17) is 5.10 Å². The molecule has 7 heteroatoms. The van der Waals surface area contributed by atoms with Crippen LogP contribution >= 0.6 is 0 Å². The maximum atomic E-state index is 13.4. The minimum atomic E-state index is -3.65. The van der Waals surface area contributed by atoms with Crippen LogP contribution in [-0.4, -0.2) is 18.2 Å². The number of hydrogen-bond acceptors (Lipinski definition) is 3. The molecule has 3 aromatic carbocycles. The highest BCUT2D eigenvalue weighted by molar-refractivity contribution is 7.88. The van der Waals surface area contributed by atoms with E-state index in [2.05, 4.69) is 4.72 Å². The number of hydrogen-bond donors (Lipinski definition) is 1. The molecule has 1 N–H and O–H groups in total. The average Bonchev–Trinajstić information content (AvgIpc) is 3.16. The van der Waals surface area contributed by atoms with E-state index in [1.54, 1.807) is 6.07 Å². The summed E-state index contributed by atoms with van der Waals surface area (Å²) in [6.07, 6.45) is 1.86. The molecule has 0 aliphatic rings. The molecule has 158 valence electrons. The second-order valence-electron chi connectivity index (χ2n) is 7.26. The van der Waals surface area contributed by atoms with Gasteiger partial charge in [-0.3, -0.25) is 4.68 Å². The summed E-state index contributed by atoms with van der Waals surface area (Å²) in [5.41, 5.74) is 3.90. The van der Waals surface area contributed by atoms with Crippen molar-refractivity contribution in [1.29, 1.82) is 0 Å². The summed E-state index contributed by atoms with van der Waals surface area (Å²) < 4.78 is 43.0. The molecule has 0 amide bonds. The summed E-state index contributed by atoms with van der Waals surface area (Å²) in [6, 6.07) is 25.2. The van der Waals surface area contributed by atoms with Gasteiger partial charge >= 0.3 is 0 Å². The van der Waals surface area contributed by atoms with E-state index in [0.717, 1.165) is 22.4 Å². The van der Waals surface area contributed by atoms with Gasteiger partial charge in [0.25, 0.3) is 0 Å². The van der Waals surface area contributed by atoms with E-state index in [1.807, 2.05) is 71.5 Å². The Morgan fingerprint density at radius 3 is 2.26 bits per heavy atom. The highest BCUT2D eigenvalue weighted by Crippen LogP contribution is 2.23. The van der Waals surface area contributed by atoms with Crippen molar-refractivity contribution >= 4 is 10.0 Å². The zero-order valence-electron chi connectivity index (χ0n) is 16.8. The molecule has 0 aliphatic carbocycles. The van der Waals surface area contributed by atoms with Crippen LogP contribution in [0.15, 0.2) is 91.1 Å². The molecule has 0 aliphatic heterocycles. The van der Waals surface area contributed by atoms with E-state index in [1.165, 1.54) is 18.2 Å². The zero-order chi connectivity index (χ0) is 21.7. The average molecular weight is 436 g/mol. The van der Waals surface area contributed by atoms with Gasteiger partial charge in [-0.25, -0.2) is 17.5 Å². The second kappa shape index (κ2) is 9.24. The Bertz CT molecular complexity index is 1260. The molecular weight excluding hydrogens is 413 g/mol. The van der Waals surface area contributed by atoms with Crippen molar-refractivity contribution < 1.29 is 12.8 Å². The number of benzene rings is 3. The molecule has 0 unspecified atom stereocenters. The van der Waals surface area contributed by atoms with Gasteiger partial charge in [-0.05, 0) is 23.3 Å². The third-order valence-electron chi connectivity index (χ3n) is 4.80. The Balaban J connectivity index is 1.56. The van der Waals surface area contributed by atoms with Crippen LogP contribution in [0.5, 0.6) is 0 Å². The fraction of sp³-hybridized carbons (Fsp3) is 0.125. The minimum absolute atomic E-state index is 0.0939. The molecule has 1 heterocycles. The molecule has 0 bridgehead atoms. The lowest BCUT2D eigenvalue weighted by Crippen LogP contribution is -2.24. The van der Waals surface area contributed by atoms with Crippen molar-refractivity contribution in [2.45, 2.75) is 18.8 Å². The lowest BCUT2D eigenvalue weighted by atomic mass is 10.1. The number of sulfonamides is 1. The van der Waals surface area contributed by atoms with E-state index >= 15 is 0 Å². The minimum Gasteiger partial charge on any atom is -0.267 e. The van der Waals surface area contributed by atoms with Gasteiger partial charge in [-0.2, -0.15) is 5.10 Å². The van der Waals surface area contributed by atoms with Crippen LogP contribution in [0.3, 0.4) is 0 Å². The van der Waals surface area contributed by atoms with E-state index < -0.39 is 15.8 Å². The summed E-state index contributed by atoms with van der Waals surface area (Å²) >= 11 is 0. The molecule has 0 spiro atoms. The first-order valence-electron chi connectivity index (χ1n) is 9.86. The first-order valence-corrected chi connectivity index (χ1v) is 11.5. The summed E-state index contributed by atoms with van der Waals surface area (Å²) in [6.45, 7) is 0.674. The van der Waals surface area contributed by atoms with Crippen LogP contribution in [0.1, 0.15) is 16.7 Å². The standard InChI is InChI=1S/C24H22FN3O2S/c25-23-13-7-10-20(14-23)18-31(29,30)26-15-22-17-28(16-19-8-3-1-4-9-19)27-24(22)21-11-5-2-6-12-21/h1-14,17,26H,15-16,18H2. The predicted molar refractivity (Wildman–Crippen MR) is 119 cm³/mol. The van der Waals surface area contributed by atoms with Crippen molar-refractivity contribution in [2.24, 2.45) is 0 Å². The molecule has 4 aromatic rings. The summed E-state index contributed by atoms with van der Waals surface area (Å²) in [4.78, 5) is 0. The quantitative estimate of drug-likeness (QED) is 0.447. The number of rotatable bonds is 8. The normalized spacial score (nSPS) is 11.5. The van der Waals surface area contributed by atoms with Gasteiger partial charge in [-0.1, -0.05) is 72.8 Å². The van der Waals surface area contributed by atoms with E-state index in [0.29, 0.717) is 12.1 Å². The van der Waals surface area contributed by atoms with Gasteiger partial charge in [0.1, 0.15) is 5.82 Å². The molecule has 31 heavy (non-hydrogen) atoms. The van der Waals surface area contributed by atoms with Gasteiger partial charge in [0, 0.05) is 23.9 Å². The molecule has 0 fully saturated rings. The summed E-state index contributed by atoms with van der Waals surface area (Å²) in [7, 11) is -3.65. The largest absolute Gasteiger partial charge is 0.267 e. The van der Waals surface area contributed by atoms with E-state index in [9.17, 15) is 12.8 Å². The fourth-order valence-electron chi connectivity index (χ4n) is 3.37. The fourth-order valence-corrected chi connectivity index (χ4v) is 4.46. The summed E-state index contributed by atoms with van der Waals surface area (Å²) in [5.74, 6) is -0.745. The first-order chi connectivity index (χ1) is 15.0. The van der Waals surface area contributed by atoms with Crippen LogP contribution in [0, 0.1) is 5.82 Å². The van der Waals surface area contributed by atoms with Crippen molar-refractivity contribution in [3.8, 4) is 11.3 Å². The molecule has 0 atom stereocenters. The topological polar surface area (TPSA) is 64.0 Å². The van der Waals surface area contributed by atoms with Crippen LogP contribution in [0.25, 0.3) is 11.3 Å². The van der Waals surface area contributed by atoms with Crippen molar-refractivity contribution in [3.05, 3.63) is 114 Å². The second-order valence-corrected chi connectivity index (χ2v) is 9.07. The Morgan fingerprint density at radius 1 is 0.871 bits per heavy atom. The highest BCUT2D eigenvalue weighted by Gasteiger charge is 2.16. The van der Waals surface area contributed by atoms with Gasteiger partial charge in [0.2, 0.25) is 10.0 Å². The molecule has 0 saturated heterocycles. The Hall–Kier alpha value is -3.29. The number of nitrogens with zero attached hydrogens (tertiary/aromatic N) is 2. The van der Waals surface area contributed by atoms with Gasteiger partial charge in [0.15, 0.2) is 0 Å². The smallest absolute Gasteiger partial charge is 0.216 e. The van der Waals surface area contributed by atoms with Gasteiger partial charge in [-0.15, -0.1) is 0 Å². The predicted octanol–water partition coefficient (Wildman–Crippen LogP) is 4.36. The third-order valence-corrected chi connectivity index (χ3v) is 6.10. The Kier molecular flexibility index (Phi) is 6.25. The number of aromatic nitrogens is 2. The number of halogens is 1. The van der Waals surface area contributed by atoms with Crippen LogP contribution < -0.4 is 4.72 Å². The number of nitrogens with one attached hydrogen (secondary N) is 1. The van der Waals surface area contributed by atoms with Crippen LogP contribution in [0.2, 0.25) is 0 Å². The molecule has 1 aromatic heterocycles. The Morgan fingerprint density at radius 2 is 1.55 bits per heavy atom. The molecule has 4 rings (SSSR count). The van der Waals surface area contributed by atoms with Crippen molar-refractivity contribution in [3.63, 3.8) is 0 Å². The first kappa shape index (κ1) is 21.0. The third kappa shape index (κ3) is 5.65. The zero-order valence-corrected chi connectivity index (χ0v) is 17.6. The lowest BCUT2D eigenvalue weighted by molar-refractivity contribution is 0.580. The van der Waals surface area contributed by atoms with Crippen LogP contribution in [-0.2, 0) is 28.9 Å². The SMILES string of the molecule is O=S(=O)(Cc1cccc(F)c1)NCc1cn(Cc2ccccc2)nc1-c1ccccc1. The van der Waals surface area contributed by atoms with E-state index in [-0.39, 0.29) is 12.3 Å². The van der Waals surface area contributed by atoms with Crippen LogP contribution in [0.4, 0.5) is 4.39 Å².